The van der Waals surface area contributed by atoms with E-state index in [4.69, 9.17) is 11.0 Å². The Balaban J connectivity index is 2.35. The highest BCUT2D eigenvalue weighted by atomic mass is 16.6. The molecule has 1 fully saturated rings. The van der Waals surface area contributed by atoms with Crippen molar-refractivity contribution < 1.29 is 4.92 Å². The first kappa shape index (κ1) is 14.3. The lowest BCUT2D eigenvalue weighted by Crippen LogP contribution is -2.42. The maximum absolute atomic E-state index is 11.2. The van der Waals surface area contributed by atoms with Gasteiger partial charge in [-0.2, -0.15) is 5.26 Å². The molecule has 2 rings (SSSR count). The molecule has 0 aliphatic carbocycles. The molecule has 2 atom stereocenters. The van der Waals surface area contributed by atoms with E-state index in [0.717, 1.165) is 19.4 Å². The van der Waals surface area contributed by atoms with Crippen molar-refractivity contribution in [3.63, 3.8) is 0 Å². The van der Waals surface area contributed by atoms with Crippen molar-refractivity contribution in [2.75, 3.05) is 18.0 Å². The number of hydrogen-bond donors (Lipinski definition) is 1. The number of nitro benzene ring substituents is 1. The van der Waals surface area contributed by atoms with Crippen molar-refractivity contribution in [2.45, 2.75) is 25.8 Å². The Morgan fingerprint density at radius 3 is 2.95 bits per heavy atom. The molecular formula is C14H18N4O2. The van der Waals surface area contributed by atoms with E-state index in [1.54, 1.807) is 6.07 Å². The molecule has 6 heteroatoms. The van der Waals surface area contributed by atoms with E-state index in [2.05, 4.69) is 0 Å². The quantitative estimate of drug-likeness (QED) is 0.672. The summed E-state index contributed by atoms with van der Waals surface area (Å²) in [7, 11) is 0. The van der Waals surface area contributed by atoms with Gasteiger partial charge in [-0.1, -0.05) is 0 Å². The van der Waals surface area contributed by atoms with Crippen LogP contribution in [0.15, 0.2) is 18.2 Å². The number of piperidine rings is 1. The predicted molar refractivity (Wildman–Crippen MR) is 76.4 cm³/mol. The number of benzene rings is 1. The fourth-order valence-electron chi connectivity index (χ4n) is 2.66. The summed E-state index contributed by atoms with van der Waals surface area (Å²) in [6, 6.07) is 6.58. The lowest BCUT2D eigenvalue weighted by atomic mass is 9.91. The minimum atomic E-state index is -0.397. The first-order valence-electron chi connectivity index (χ1n) is 6.72. The maximum Gasteiger partial charge on any atom is 0.292 e. The summed E-state index contributed by atoms with van der Waals surface area (Å²) in [5.41, 5.74) is 6.96. The van der Waals surface area contributed by atoms with Crippen LogP contribution in [0.4, 0.5) is 11.4 Å². The SMILES string of the molecule is CC(N)C1CCCN(c2cc(C#N)ccc2[N+](=O)[O-])C1. The fourth-order valence-corrected chi connectivity index (χ4v) is 2.66. The second kappa shape index (κ2) is 5.88. The molecule has 1 aromatic carbocycles. The standard InChI is InChI=1S/C14H18N4O2/c1-10(16)12-3-2-6-17(9-12)14-7-11(8-15)4-5-13(14)18(19)20/h4-5,7,10,12H,2-3,6,9,16H2,1H3. The lowest BCUT2D eigenvalue weighted by Gasteiger charge is -2.35. The van der Waals surface area contributed by atoms with Gasteiger partial charge in [0.2, 0.25) is 0 Å². The third-order valence-electron chi connectivity index (χ3n) is 3.84. The van der Waals surface area contributed by atoms with Crippen molar-refractivity contribution in [3.05, 3.63) is 33.9 Å². The molecule has 2 N–H and O–H groups in total. The van der Waals surface area contributed by atoms with E-state index in [1.807, 2.05) is 17.9 Å². The van der Waals surface area contributed by atoms with Crippen LogP contribution in [0, 0.1) is 27.4 Å². The molecule has 1 heterocycles. The molecule has 1 saturated heterocycles. The van der Waals surface area contributed by atoms with E-state index >= 15 is 0 Å². The van der Waals surface area contributed by atoms with Crippen LogP contribution in [-0.4, -0.2) is 24.1 Å². The molecule has 0 saturated carbocycles. The van der Waals surface area contributed by atoms with Crippen LogP contribution >= 0.6 is 0 Å². The Bertz CT molecular complexity index is 551. The van der Waals surface area contributed by atoms with Crippen LogP contribution in [0.3, 0.4) is 0 Å². The van der Waals surface area contributed by atoms with E-state index in [1.165, 1.54) is 12.1 Å². The summed E-state index contributed by atoms with van der Waals surface area (Å²) < 4.78 is 0. The molecule has 0 radical (unpaired) electrons. The van der Waals surface area contributed by atoms with Gasteiger partial charge in [0.1, 0.15) is 5.69 Å². The molecule has 1 aliphatic heterocycles. The molecule has 0 aromatic heterocycles. The summed E-state index contributed by atoms with van der Waals surface area (Å²) in [6.07, 6.45) is 2.00. The minimum Gasteiger partial charge on any atom is -0.366 e. The second-order valence-electron chi connectivity index (χ2n) is 5.28. The van der Waals surface area contributed by atoms with Gasteiger partial charge in [0.25, 0.3) is 5.69 Å². The molecule has 6 nitrogen and oxygen atoms in total. The highest BCUT2D eigenvalue weighted by molar-refractivity contribution is 5.66. The summed E-state index contributed by atoms with van der Waals surface area (Å²) >= 11 is 0. The third kappa shape index (κ3) is 2.89. The van der Waals surface area contributed by atoms with Crippen molar-refractivity contribution in [2.24, 2.45) is 11.7 Å². The van der Waals surface area contributed by atoms with Gasteiger partial charge in [0, 0.05) is 25.2 Å². The fraction of sp³-hybridized carbons (Fsp3) is 0.500. The zero-order valence-corrected chi connectivity index (χ0v) is 11.5. The lowest BCUT2D eigenvalue weighted by molar-refractivity contribution is -0.384. The Hall–Kier alpha value is -2.13. The zero-order valence-electron chi connectivity index (χ0n) is 11.5. The molecule has 0 amide bonds. The number of anilines is 1. The van der Waals surface area contributed by atoms with Gasteiger partial charge in [-0.25, -0.2) is 0 Å². The van der Waals surface area contributed by atoms with Gasteiger partial charge in [-0.05, 0) is 37.8 Å². The maximum atomic E-state index is 11.2. The highest BCUT2D eigenvalue weighted by Crippen LogP contribution is 2.32. The molecular weight excluding hydrogens is 256 g/mol. The zero-order chi connectivity index (χ0) is 14.7. The van der Waals surface area contributed by atoms with Gasteiger partial charge in [-0.15, -0.1) is 0 Å². The van der Waals surface area contributed by atoms with E-state index in [9.17, 15) is 10.1 Å². The number of hydrogen-bond acceptors (Lipinski definition) is 5. The molecule has 1 aliphatic rings. The smallest absolute Gasteiger partial charge is 0.292 e. The topological polar surface area (TPSA) is 96.2 Å². The normalized spacial score (nSPS) is 20.2. The molecule has 106 valence electrons. The number of nitrogens with two attached hydrogens (primary N) is 1. The van der Waals surface area contributed by atoms with Crippen molar-refractivity contribution in [1.29, 1.82) is 5.26 Å². The average Bonchev–Trinajstić information content (AvgIpc) is 2.46. The third-order valence-corrected chi connectivity index (χ3v) is 3.84. The Morgan fingerprint density at radius 2 is 2.35 bits per heavy atom. The van der Waals surface area contributed by atoms with Crippen LogP contribution in [-0.2, 0) is 0 Å². The average molecular weight is 274 g/mol. The monoisotopic (exact) mass is 274 g/mol. The largest absolute Gasteiger partial charge is 0.366 e. The van der Waals surface area contributed by atoms with Gasteiger partial charge in [-0.3, -0.25) is 10.1 Å². The van der Waals surface area contributed by atoms with Crippen LogP contribution in [0.1, 0.15) is 25.3 Å². The summed E-state index contributed by atoms with van der Waals surface area (Å²) in [5.74, 6) is 0.328. The van der Waals surface area contributed by atoms with Crippen molar-refractivity contribution in [3.8, 4) is 6.07 Å². The molecule has 0 bridgehead atoms. The second-order valence-corrected chi connectivity index (χ2v) is 5.28. The number of nitro groups is 1. The van der Waals surface area contributed by atoms with Crippen LogP contribution < -0.4 is 10.6 Å². The van der Waals surface area contributed by atoms with Crippen molar-refractivity contribution in [1.82, 2.24) is 0 Å². The summed E-state index contributed by atoms with van der Waals surface area (Å²) in [4.78, 5) is 12.7. The minimum absolute atomic E-state index is 0.0503. The van der Waals surface area contributed by atoms with Gasteiger partial charge >= 0.3 is 0 Å². The first-order chi connectivity index (χ1) is 9.52. The summed E-state index contributed by atoms with van der Waals surface area (Å²) in [5, 5.41) is 20.1. The van der Waals surface area contributed by atoms with Gasteiger partial charge in [0.15, 0.2) is 0 Å². The number of rotatable bonds is 3. The van der Waals surface area contributed by atoms with Crippen LogP contribution in [0.5, 0.6) is 0 Å². The van der Waals surface area contributed by atoms with E-state index in [-0.39, 0.29) is 11.7 Å². The highest BCUT2D eigenvalue weighted by Gasteiger charge is 2.27. The predicted octanol–water partition coefficient (Wildman–Crippen LogP) is 2.03. The van der Waals surface area contributed by atoms with Crippen LogP contribution in [0.25, 0.3) is 0 Å². The van der Waals surface area contributed by atoms with Gasteiger partial charge in [0.05, 0.1) is 16.6 Å². The van der Waals surface area contributed by atoms with Crippen molar-refractivity contribution >= 4 is 11.4 Å². The Kier molecular flexibility index (Phi) is 4.20. The number of nitriles is 1. The Labute approximate surface area is 117 Å². The Morgan fingerprint density at radius 1 is 1.60 bits per heavy atom. The molecule has 20 heavy (non-hydrogen) atoms. The van der Waals surface area contributed by atoms with E-state index in [0.29, 0.717) is 23.7 Å². The first-order valence-corrected chi connectivity index (χ1v) is 6.72. The van der Waals surface area contributed by atoms with Crippen LogP contribution in [0.2, 0.25) is 0 Å². The van der Waals surface area contributed by atoms with Gasteiger partial charge < -0.3 is 10.6 Å². The molecule has 2 unspecified atom stereocenters. The molecule has 0 spiro atoms. The van der Waals surface area contributed by atoms with E-state index < -0.39 is 4.92 Å². The summed E-state index contributed by atoms with van der Waals surface area (Å²) in [6.45, 7) is 3.43. The number of nitrogens with zero attached hydrogens (tertiary/aromatic N) is 3. The molecule has 1 aromatic rings.